The average Bonchev–Trinajstić information content (AvgIpc) is 2.22. The van der Waals surface area contributed by atoms with Crippen molar-refractivity contribution in [2.45, 2.75) is 27.2 Å². The molecule has 0 atom stereocenters. The van der Waals surface area contributed by atoms with Crippen LogP contribution in [-0.2, 0) is 9.59 Å². The summed E-state index contributed by atoms with van der Waals surface area (Å²) in [7, 11) is 0. The molecule has 0 radical (unpaired) electrons. The number of benzene rings is 1. The van der Waals surface area contributed by atoms with Crippen molar-refractivity contribution in [1.82, 2.24) is 0 Å². The van der Waals surface area contributed by atoms with E-state index in [1.165, 1.54) is 13.8 Å². The predicted molar refractivity (Wildman–Crippen MR) is 70.9 cm³/mol. The summed E-state index contributed by atoms with van der Waals surface area (Å²) in [6.07, 6.45) is -0.0895. The minimum atomic E-state index is -1.08. The van der Waals surface area contributed by atoms with Gasteiger partial charge in [0, 0.05) is 17.1 Å². The fraction of sp³-hybridized carbons (Fsp3) is 0.385. The highest BCUT2D eigenvalue weighted by molar-refractivity contribution is 6.31. The maximum absolute atomic E-state index is 11.7. The Morgan fingerprint density at radius 1 is 1.39 bits per heavy atom. The standard InChI is InChI=1S/C13H16ClNO3/c1-8-4-5-9(6-10(8)14)15-11(16)7-13(2,3)12(17)18/h4-6H,7H2,1-3H3,(H,15,16)(H,17,18). The van der Waals surface area contributed by atoms with Gasteiger partial charge in [0.2, 0.25) is 5.91 Å². The monoisotopic (exact) mass is 269 g/mol. The van der Waals surface area contributed by atoms with Crippen molar-refractivity contribution in [3.05, 3.63) is 28.8 Å². The molecule has 1 amide bonds. The molecule has 0 spiro atoms. The third-order valence-electron chi connectivity index (χ3n) is 2.64. The van der Waals surface area contributed by atoms with Crippen molar-refractivity contribution in [2.75, 3.05) is 5.32 Å². The molecule has 18 heavy (non-hydrogen) atoms. The van der Waals surface area contributed by atoms with E-state index in [4.69, 9.17) is 16.7 Å². The van der Waals surface area contributed by atoms with Crippen LogP contribution in [0.25, 0.3) is 0 Å². The SMILES string of the molecule is Cc1ccc(NC(=O)CC(C)(C)C(=O)O)cc1Cl. The van der Waals surface area contributed by atoms with Crippen LogP contribution in [0.1, 0.15) is 25.8 Å². The highest BCUT2D eigenvalue weighted by Crippen LogP contribution is 2.23. The van der Waals surface area contributed by atoms with Crippen LogP contribution in [-0.4, -0.2) is 17.0 Å². The van der Waals surface area contributed by atoms with E-state index in [0.717, 1.165) is 5.56 Å². The number of carboxylic acids is 1. The Bertz CT molecular complexity index is 483. The zero-order valence-electron chi connectivity index (χ0n) is 10.6. The fourth-order valence-electron chi connectivity index (χ4n) is 1.35. The van der Waals surface area contributed by atoms with E-state index in [0.29, 0.717) is 10.7 Å². The van der Waals surface area contributed by atoms with Crippen molar-refractivity contribution >= 4 is 29.2 Å². The van der Waals surface area contributed by atoms with Gasteiger partial charge >= 0.3 is 5.97 Å². The van der Waals surface area contributed by atoms with Gasteiger partial charge in [0.25, 0.3) is 0 Å². The largest absolute Gasteiger partial charge is 0.481 e. The number of halogens is 1. The summed E-state index contributed by atoms with van der Waals surface area (Å²) < 4.78 is 0. The maximum Gasteiger partial charge on any atom is 0.309 e. The first-order valence-corrected chi connectivity index (χ1v) is 5.89. The topological polar surface area (TPSA) is 66.4 Å². The van der Waals surface area contributed by atoms with E-state index in [2.05, 4.69) is 5.32 Å². The molecule has 0 aliphatic rings. The van der Waals surface area contributed by atoms with Crippen molar-refractivity contribution in [3.63, 3.8) is 0 Å². The van der Waals surface area contributed by atoms with Gasteiger partial charge in [-0.1, -0.05) is 17.7 Å². The van der Waals surface area contributed by atoms with Crippen LogP contribution in [0.15, 0.2) is 18.2 Å². The first-order valence-electron chi connectivity index (χ1n) is 5.52. The second-order valence-electron chi connectivity index (χ2n) is 4.88. The molecule has 0 aromatic heterocycles. The molecule has 5 heteroatoms. The molecule has 1 rings (SSSR count). The number of aryl methyl sites for hydroxylation is 1. The Morgan fingerprint density at radius 2 is 2.00 bits per heavy atom. The molecule has 0 unspecified atom stereocenters. The molecular formula is C13H16ClNO3. The molecular weight excluding hydrogens is 254 g/mol. The van der Waals surface area contributed by atoms with Gasteiger partial charge in [0.05, 0.1) is 5.41 Å². The van der Waals surface area contributed by atoms with Crippen LogP contribution >= 0.6 is 11.6 Å². The predicted octanol–water partition coefficient (Wildman–Crippen LogP) is 3.09. The molecule has 0 aliphatic heterocycles. The Balaban J connectivity index is 2.71. The lowest BCUT2D eigenvalue weighted by molar-refractivity contribution is -0.148. The van der Waals surface area contributed by atoms with Crippen molar-refractivity contribution in [3.8, 4) is 0 Å². The third kappa shape index (κ3) is 3.74. The summed E-state index contributed by atoms with van der Waals surface area (Å²) in [6, 6.07) is 5.16. The Labute approximate surface area is 111 Å². The van der Waals surface area contributed by atoms with Crippen LogP contribution in [0, 0.1) is 12.3 Å². The maximum atomic E-state index is 11.7. The van der Waals surface area contributed by atoms with Crippen LogP contribution in [0.5, 0.6) is 0 Å². The number of nitrogens with one attached hydrogen (secondary N) is 1. The van der Waals surface area contributed by atoms with E-state index in [-0.39, 0.29) is 12.3 Å². The second-order valence-corrected chi connectivity index (χ2v) is 5.29. The number of rotatable bonds is 4. The highest BCUT2D eigenvalue weighted by Gasteiger charge is 2.30. The van der Waals surface area contributed by atoms with Gasteiger partial charge in [-0.15, -0.1) is 0 Å². The number of carbonyl (C=O) groups excluding carboxylic acids is 1. The summed E-state index contributed by atoms with van der Waals surface area (Å²) in [5.41, 5.74) is 0.399. The minimum Gasteiger partial charge on any atom is -0.481 e. The first-order chi connectivity index (χ1) is 8.22. The molecule has 0 fully saturated rings. The highest BCUT2D eigenvalue weighted by atomic mass is 35.5. The van der Waals surface area contributed by atoms with E-state index in [1.807, 2.05) is 6.92 Å². The van der Waals surface area contributed by atoms with E-state index < -0.39 is 11.4 Å². The Hall–Kier alpha value is -1.55. The average molecular weight is 270 g/mol. The number of aliphatic carboxylic acids is 1. The van der Waals surface area contributed by atoms with Gasteiger partial charge in [-0.05, 0) is 38.5 Å². The van der Waals surface area contributed by atoms with E-state index >= 15 is 0 Å². The lowest BCUT2D eigenvalue weighted by atomic mass is 9.89. The number of anilines is 1. The number of carboxylic acid groups (broad SMARTS) is 1. The molecule has 0 heterocycles. The van der Waals surface area contributed by atoms with Gasteiger partial charge in [-0.25, -0.2) is 0 Å². The van der Waals surface area contributed by atoms with Crippen molar-refractivity contribution in [1.29, 1.82) is 0 Å². The van der Waals surface area contributed by atoms with Crippen molar-refractivity contribution in [2.24, 2.45) is 5.41 Å². The third-order valence-corrected chi connectivity index (χ3v) is 3.04. The summed E-state index contributed by atoms with van der Waals surface area (Å²) in [6.45, 7) is 4.88. The lowest BCUT2D eigenvalue weighted by Crippen LogP contribution is -2.29. The molecule has 1 aromatic rings. The normalized spacial score (nSPS) is 11.1. The van der Waals surface area contributed by atoms with Gasteiger partial charge in [0.15, 0.2) is 0 Å². The molecule has 0 aliphatic carbocycles. The van der Waals surface area contributed by atoms with Gasteiger partial charge in [-0.3, -0.25) is 9.59 Å². The Kier molecular flexibility index (Phi) is 4.35. The molecule has 2 N–H and O–H groups in total. The molecule has 0 saturated carbocycles. The summed E-state index contributed by atoms with van der Waals surface area (Å²) in [5.74, 6) is -1.35. The van der Waals surface area contributed by atoms with E-state index in [1.54, 1.807) is 18.2 Å². The van der Waals surface area contributed by atoms with Crippen LogP contribution < -0.4 is 5.32 Å². The molecule has 4 nitrogen and oxygen atoms in total. The molecule has 0 saturated heterocycles. The number of hydrogen-bond acceptors (Lipinski definition) is 2. The van der Waals surface area contributed by atoms with Crippen molar-refractivity contribution < 1.29 is 14.7 Å². The van der Waals surface area contributed by atoms with Gasteiger partial charge in [0.1, 0.15) is 0 Å². The van der Waals surface area contributed by atoms with E-state index in [9.17, 15) is 9.59 Å². The number of amides is 1. The minimum absolute atomic E-state index is 0.0895. The zero-order valence-corrected chi connectivity index (χ0v) is 11.3. The lowest BCUT2D eigenvalue weighted by Gasteiger charge is -2.18. The Morgan fingerprint density at radius 3 is 2.50 bits per heavy atom. The summed E-state index contributed by atoms with van der Waals surface area (Å²) >= 11 is 5.94. The first kappa shape index (κ1) is 14.5. The van der Waals surface area contributed by atoms with Gasteiger partial charge in [-0.2, -0.15) is 0 Å². The summed E-state index contributed by atoms with van der Waals surface area (Å²) in [4.78, 5) is 22.6. The molecule has 98 valence electrons. The van der Waals surface area contributed by atoms with Crippen LogP contribution in [0.4, 0.5) is 5.69 Å². The fourth-order valence-corrected chi connectivity index (χ4v) is 1.53. The molecule has 1 aromatic carbocycles. The summed E-state index contributed by atoms with van der Waals surface area (Å²) in [5, 5.41) is 12.1. The number of carbonyl (C=O) groups is 2. The van der Waals surface area contributed by atoms with Gasteiger partial charge < -0.3 is 10.4 Å². The zero-order chi connectivity index (χ0) is 13.9. The quantitative estimate of drug-likeness (QED) is 0.883. The van der Waals surface area contributed by atoms with Crippen LogP contribution in [0.2, 0.25) is 5.02 Å². The second kappa shape index (κ2) is 5.40. The molecule has 0 bridgehead atoms. The van der Waals surface area contributed by atoms with Crippen LogP contribution in [0.3, 0.4) is 0 Å². The smallest absolute Gasteiger partial charge is 0.309 e. The number of hydrogen-bond donors (Lipinski definition) is 2.